The maximum absolute atomic E-state index is 13.2. The summed E-state index contributed by atoms with van der Waals surface area (Å²) < 4.78 is 1.72. The summed E-state index contributed by atoms with van der Waals surface area (Å²) in [6, 6.07) is 4.03. The number of fused-ring (bicyclic) bond motifs is 1. The number of aliphatic hydroxyl groups excluding tert-OH is 1. The third kappa shape index (κ3) is 4.07. The van der Waals surface area contributed by atoms with Crippen LogP contribution in [0.25, 0.3) is 10.8 Å². The van der Waals surface area contributed by atoms with Gasteiger partial charge in [-0.1, -0.05) is 0 Å². The van der Waals surface area contributed by atoms with E-state index in [9.17, 15) is 9.90 Å². The van der Waals surface area contributed by atoms with E-state index in [0.29, 0.717) is 28.8 Å². The zero-order valence-electron chi connectivity index (χ0n) is 16.7. The van der Waals surface area contributed by atoms with Crippen LogP contribution in [0.15, 0.2) is 41.7 Å². The molecule has 1 saturated carbocycles. The highest BCUT2D eigenvalue weighted by Gasteiger charge is 2.25. The average Bonchev–Trinajstić information content (AvgIpc) is 3.16. The molecule has 152 valence electrons. The van der Waals surface area contributed by atoms with Crippen LogP contribution in [0.4, 0.5) is 17.5 Å². The summed E-state index contributed by atoms with van der Waals surface area (Å²) in [6.45, 7) is 4.17. The Morgan fingerprint density at radius 1 is 1.28 bits per heavy atom. The molecule has 0 aliphatic heterocycles. The molecule has 1 aliphatic carbocycles. The minimum Gasteiger partial charge on any atom is -0.396 e. The summed E-state index contributed by atoms with van der Waals surface area (Å²) in [6.07, 6.45) is 9.45. The standard InChI is InChI=1S/C21H26N6O2/c1-13(2)27-8-5-15-10-17(25-18-11-22-6-7-23-18)26-20(19(15)21(27)29)24-16-4-3-14(9-16)12-28/h5-8,10-11,13-14,16,28H,3-4,9,12H2,1-2H3,(H2,23,24,25,26)/t14-,16+/m1/s1. The molecule has 0 aromatic carbocycles. The van der Waals surface area contributed by atoms with Crippen LogP contribution in [0.5, 0.6) is 0 Å². The Labute approximate surface area is 169 Å². The summed E-state index contributed by atoms with van der Waals surface area (Å²) in [4.78, 5) is 26.2. The van der Waals surface area contributed by atoms with Gasteiger partial charge in [-0.25, -0.2) is 9.97 Å². The fourth-order valence-corrected chi connectivity index (χ4v) is 3.91. The van der Waals surface area contributed by atoms with Gasteiger partial charge in [0.05, 0.1) is 11.6 Å². The van der Waals surface area contributed by atoms with E-state index in [1.807, 2.05) is 32.2 Å². The molecule has 1 fully saturated rings. The number of aromatic nitrogens is 4. The number of aliphatic hydroxyl groups is 1. The highest BCUT2D eigenvalue weighted by atomic mass is 16.3. The quantitative estimate of drug-likeness (QED) is 0.590. The molecule has 4 rings (SSSR count). The van der Waals surface area contributed by atoms with Crippen LogP contribution >= 0.6 is 0 Å². The van der Waals surface area contributed by atoms with Crippen LogP contribution in [0.3, 0.4) is 0 Å². The molecule has 8 heteroatoms. The second kappa shape index (κ2) is 8.16. The number of hydrogen-bond donors (Lipinski definition) is 3. The summed E-state index contributed by atoms with van der Waals surface area (Å²) in [5.74, 6) is 2.05. The molecule has 0 saturated heterocycles. The predicted molar refractivity (Wildman–Crippen MR) is 114 cm³/mol. The van der Waals surface area contributed by atoms with Gasteiger partial charge < -0.3 is 20.3 Å². The van der Waals surface area contributed by atoms with Crippen molar-refractivity contribution in [2.45, 2.75) is 45.2 Å². The number of pyridine rings is 2. The van der Waals surface area contributed by atoms with Gasteiger partial charge in [0.2, 0.25) is 0 Å². The SMILES string of the molecule is CC(C)n1ccc2cc(Nc3cnccn3)nc(N[C@H]3CC[C@@H](CO)C3)c2c1=O. The molecule has 0 spiro atoms. The van der Waals surface area contributed by atoms with E-state index in [4.69, 9.17) is 4.98 Å². The molecule has 0 radical (unpaired) electrons. The summed E-state index contributed by atoms with van der Waals surface area (Å²) in [7, 11) is 0. The van der Waals surface area contributed by atoms with Crippen molar-refractivity contribution < 1.29 is 5.11 Å². The lowest BCUT2D eigenvalue weighted by Gasteiger charge is -2.18. The molecule has 3 N–H and O–H groups in total. The Hall–Kier alpha value is -3.00. The molecule has 29 heavy (non-hydrogen) atoms. The van der Waals surface area contributed by atoms with E-state index in [2.05, 4.69) is 20.6 Å². The molecule has 0 amide bonds. The van der Waals surface area contributed by atoms with E-state index >= 15 is 0 Å². The zero-order valence-corrected chi connectivity index (χ0v) is 16.7. The molecule has 1 aliphatic rings. The van der Waals surface area contributed by atoms with Gasteiger partial charge in [0.25, 0.3) is 5.56 Å². The minimum atomic E-state index is -0.0599. The lowest BCUT2D eigenvalue weighted by molar-refractivity contribution is 0.229. The van der Waals surface area contributed by atoms with Crippen molar-refractivity contribution in [3.63, 3.8) is 0 Å². The summed E-state index contributed by atoms with van der Waals surface area (Å²) in [5, 5.41) is 17.5. The van der Waals surface area contributed by atoms with Crippen molar-refractivity contribution in [2.75, 3.05) is 17.2 Å². The monoisotopic (exact) mass is 394 g/mol. The number of nitrogens with one attached hydrogen (secondary N) is 2. The molecule has 2 atom stereocenters. The van der Waals surface area contributed by atoms with Crippen molar-refractivity contribution in [3.05, 3.63) is 47.3 Å². The zero-order chi connectivity index (χ0) is 20.4. The van der Waals surface area contributed by atoms with Crippen molar-refractivity contribution in [1.82, 2.24) is 19.5 Å². The molecular formula is C21H26N6O2. The van der Waals surface area contributed by atoms with Gasteiger partial charge >= 0.3 is 0 Å². The van der Waals surface area contributed by atoms with Gasteiger partial charge in [0.15, 0.2) is 0 Å². The van der Waals surface area contributed by atoms with Crippen molar-refractivity contribution >= 4 is 28.2 Å². The van der Waals surface area contributed by atoms with E-state index < -0.39 is 0 Å². The number of hydrogen-bond acceptors (Lipinski definition) is 7. The fraction of sp³-hybridized carbons (Fsp3) is 0.429. The lowest BCUT2D eigenvalue weighted by atomic mass is 10.1. The van der Waals surface area contributed by atoms with Crippen molar-refractivity contribution in [1.29, 1.82) is 0 Å². The molecule has 3 aromatic heterocycles. The molecule has 0 bridgehead atoms. The van der Waals surface area contributed by atoms with Crippen LogP contribution in [0.1, 0.15) is 39.2 Å². The first-order chi connectivity index (χ1) is 14.0. The molecular weight excluding hydrogens is 368 g/mol. The van der Waals surface area contributed by atoms with Gasteiger partial charge in [-0.15, -0.1) is 0 Å². The van der Waals surface area contributed by atoms with Crippen LogP contribution in [-0.2, 0) is 0 Å². The molecule has 8 nitrogen and oxygen atoms in total. The summed E-state index contributed by atoms with van der Waals surface area (Å²) >= 11 is 0. The first-order valence-electron chi connectivity index (χ1n) is 10.0. The van der Waals surface area contributed by atoms with Gasteiger partial charge in [0, 0.05) is 37.3 Å². The van der Waals surface area contributed by atoms with Gasteiger partial charge in [-0.3, -0.25) is 9.78 Å². The Balaban J connectivity index is 1.77. The van der Waals surface area contributed by atoms with Crippen LogP contribution in [-0.4, -0.2) is 37.3 Å². The third-order valence-electron chi connectivity index (χ3n) is 5.43. The van der Waals surface area contributed by atoms with Crippen molar-refractivity contribution in [3.8, 4) is 0 Å². The Kier molecular flexibility index (Phi) is 5.44. The largest absolute Gasteiger partial charge is 0.396 e. The van der Waals surface area contributed by atoms with Crippen LogP contribution in [0, 0.1) is 5.92 Å². The van der Waals surface area contributed by atoms with Crippen molar-refractivity contribution in [2.24, 2.45) is 5.92 Å². The topological polar surface area (TPSA) is 105 Å². The van der Waals surface area contributed by atoms with E-state index in [1.54, 1.807) is 23.2 Å². The van der Waals surface area contributed by atoms with E-state index in [1.165, 1.54) is 0 Å². The molecule has 3 aromatic rings. The number of nitrogens with zero attached hydrogens (tertiary/aromatic N) is 4. The normalized spacial score (nSPS) is 19.0. The fourth-order valence-electron chi connectivity index (χ4n) is 3.91. The third-order valence-corrected chi connectivity index (χ3v) is 5.43. The van der Waals surface area contributed by atoms with Gasteiger partial charge in [-0.05, 0) is 56.5 Å². The highest BCUT2D eigenvalue weighted by Crippen LogP contribution is 2.30. The first kappa shape index (κ1) is 19.3. The predicted octanol–water partition coefficient (Wildman–Crippen LogP) is 3.08. The second-order valence-corrected chi connectivity index (χ2v) is 7.86. The Morgan fingerprint density at radius 2 is 2.14 bits per heavy atom. The Bertz CT molecular complexity index is 1050. The molecule has 3 heterocycles. The van der Waals surface area contributed by atoms with E-state index in [0.717, 1.165) is 24.6 Å². The maximum atomic E-state index is 13.2. The molecule has 0 unspecified atom stereocenters. The highest BCUT2D eigenvalue weighted by molar-refractivity contribution is 5.93. The smallest absolute Gasteiger partial charge is 0.262 e. The van der Waals surface area contributed by atoms with Crippen LogP contribution in [0.2, 0.25) is 0 Å². The van der Waals surface area contributed by atoms with Gasteiger partial charge in [0.1, 0.15) is 17.5 Å². The minimum absolute atomic E-state index is 0.0578. The van der Waals surface area contributed by atoms with E-state index in [-0.39, 0.29) is 24.2 Å². The lowest BCUT2D eigenvalue weighted by Crippen LogP contribution is -2.24. The Morgan fingerprint density at radius 3 is 2.83 bits per heavy atom. The first-order valence-corrected chi connectivity index (χ1v) is 10.0. The van der Waals surface area contributed by atoms with Gasteiger partial charge in [-0.2, -0.15) is 0 Å². The average molecular weight is 394 g/mol. The van der Waals surface area contributed by atoms with Crippen LogP contribution < -0.4 is 16.2 Å². The number of rotatable bonds is 6. The second-order valence-electron chi connectivity index (χ2n) is 7.86. The number of anilines is 3. The maximum Gasteiger partial charge on any atom is 0.262 e. The summed E-state index contributed by atoms with van der Waals surface area (Å²) in [5.41, 5.74) is -0.0599.